The number of amides is 2. The van der Waals surface area contributed by atoms with Gasteiger partial charge in [-0.05, 0) is 43.3 Å². The summed E-state index contributed by atoms with van der Waals surface area (Å²) >= 11 is 0. The highest BCUT2D eigenvalue weighted by Gasteiger charge is 2.25. The monoisotopic (exact) mass is 357 g/mol. The van der Waals surface area contributed by atoms with Crippen LogP contribution in [0.4, 0.5) is 10.1 Å². The fraction of sp³-hybridized carbons (Fsp3) is 0.300. The fourth-order valence-electron chi connectivity index (χ4n) is 2.71. The summed E-state index contributed by atoms with van der Waals surface area (Å²) < 4.78 is 13.1. The van der Waals surface area contributed by atoms with E-state index in [1.807, 2.05) is 42.3 Å². The second kappa shape index (κ2) is 9.68. The highest BCUT2D eigenvalue weighted by molar-refractivity contribution is 5.95. The van der Waals surface area contributed by atoms with Crippen molar-refractivity contribution in [1.82, 2.24) is 10.2 Å². The summed E-state index contributed by atoms with van der Waals surface area (Å²) in [6.45, 7) is 2.67. The number of anilines is 1. The molecule has 0 fully saturated rings. The molecule has 0 aliphatic carbocycles. The summed E-state index contributed by atoms with van der Waals surface area (Å²) in [6.07, 6.45) is 0.725. The van der Waals surface area contributed by atoms with E-state index in [2.05, 4.69) is 10.6 Å². The highest BCUT2D eigenvalue weighted by Crippen LogP contribution is 2.22. The van der Waals surface area contributed by atoms with Crippen LogP contribution in [0.1, 0.15) is 24.9 Å². The minimum absolute atomic E-state index is 0.0682. The summed E-state index contributed by atoms with van der Waals surface area (Å²) in [4.78, 5) is 25.8. The van der Waals surface area contributed by atoms with Gasteiger partial charge in [-0.1, -0.05) is 30.3 Å². The van der Waals surface area contributed by atoms with E-state index in [4.69, 9.17) is 0 Å². The molecule has 0 radical (unpaired) electrons. The number of carbonyl (C=O) groups excluding carboxylic acids is 2. The van der Waals surface area contributed by atoms with Crippen molar-refractivity contribution < 1.29 is 14.0 Å². The molecule has 0 bridgehead atoms. The number of rotatable bonds is 8. The maximum atomic E-state index is 13.1. The molecule has 0 saturated carbocycles. The molecule has 0 aromatic heterocycles. The predicted molar refractivity (Wildman–Crippen MR) is 100 cm³/mol. The Morgan fingerprint density at radius 3 is 2.35 bits per heavy atom. The Morgan fingerprint density at radius 2 is 1.73 bits per heavy atom. The number of halogens is 1. The predicted octanol–water partition coefficient (Wildman–Crippen LogP) is 2.96. The highest BCUT2D eigenvalue weighted by atomic mass is 19.1. The minimum atomic E-state index is -0.487. The van der Waals surface area contributed by atoms with E-state index < -0.39 is 6.04 Å². The summed E-state index contributed by atoms with van der Waals surface area (Å²) in [5.41, 5.74) is 1.41. The van der Waals surface area contributed by atoms with Gasteiger partial charge in [0, 0.05) is 25.7 Å². The molecule has 138 valence electrons. The molecular formula is C20H24FN3O2. The molecule has 26 heavy (non-hydrogen) atoms. The molecule has 0 saturated heterocycles. The molecule has 2 aromatic rings. The van der Waals surface area contributed by atoms with Gasteiger partial charge in [-0.3, -0.25) is 14.5 Å². The molecule has 0 unspecified atom stereocenters. The van der Waals surface area contributed by atoms with Gasteiger partial charge in [0.05, 0.1) is 0 Å². The zero-order valence-electron chi connectivity index (χ0n) is 15.0. The van der Waals surface area contributed by atoms with Gasteiger partial charge in [0.25, 0.3) is 0 Å². The van der Waals surface area contributed by atoms with Crippen LogP contribution in [0.2, 0.25) is 0 Å². The van der Waals surface area contributed by atoms with Crippen LogP contribution in [0.5, 0.6) is 0 Å². The quantitative estimate of drug-likeness (QED) is 0.714. The van der Waals surface area contributed by atoms with Crippen molar-refractivity contribution in [3.8, 4) is 0 Å². The normalized spacial score (nSPS) is 11.8. The van der Waals surface area contributed by atoms with Crippen LogP contribution >= 0.6 is 0 Å². The van der Waals surface area contributed by atoms with E-state index >= 15 is 0 Å². The number of hydrogen-bond donors (Lipinski definition) is 2. The molecule has 0 aliphatic rings. The zero-order valence-corrected chi connectivity index (χ0v) is 15.0. The molecule has 0 aliphatic heterocycles. The number of likely N-dealkylation sites (N-methyl/N-ethyl adjacent to an activating group) is 1. The van der Waals surface area contributed by atoms with Gasteiger partial charge < -0.3 is 10.6 Å². The number of carbonyl (C=O) groups is 2. The summed E-state index contributed by atoms with van der Waals surface area (Å²) in [5.74, 6) is -0.608. The Morgan fingerprint density at radius 1 is 1.08 bits per heavy atom. The third kappa shape index (κ3) is 5.97. The molecule has 2 rings (SSSR count). The largest absolute Gasteiger partial charge is 0.356 e. The van der Waals surface area contributed by atoms with Crippen LogP contribution in [-0.2, 0) is 9.59 Å². The smallest absolute Gasteiger partial charge is 0.246 e. The number of nitrogens with one attached hydrogen (secondary N) is 2. The van der Waals surface area contributed by atoms with Gasteiger partial charge in [-0.25, -0.2) is 4.39 Å². The first-order chi connectivity index (χ1) is 12.5. The van der Waals surface area contributed by atoms with E-state index in [9.17, 15) is 14.0 Å². The second-order valence-electron chi connectivity index (χ2n) is 6.13. The average molecular weight is 357 g/mol. The fourth-order valence-corrected chi connectivity index (χ4v) is 2.71. The first-order valence-electron chi connectivity index (χ1n) is 8.53. The third-order valence-electron chi connectivity index (χ3n) is 3.98. The van der Waals surface area contributed by atoms with E-state index in [-0.39, 0.29) is 17.6 Å². The zero-order chi connectivity index (χ0) is 18.9. The summed E-state index contributed by atoms with van der Waals surface area (Å²) in [7, 11) is 1.87. The van der Waals surface area contributed by atoms with Crippen LogP contribution in [0.25, 0.3) is 0 Å². The second-order valence-corrected chi connectivity index (χ2v) is 6.13. The lowest BCUT2D eigenvalue weighted by molar-refractivity contribution is -0.121. The van der Waals surface area contributed by atoms with Crippen molar-refractivity contribution in [2.24, 2.45) is 0 Å². The Bertz CT molecular complexity index is 720. The molecule has 2 N–H and O–H groups in total. The van der Waals surface area contributed by atoms with Crippen molar-refractivity contribution in [3.05, 3.63) is 66.0 Å². The van der Waals surface area contributed by atoms with Crippen molar-refractivity contribution >= 4 is 17.5 Å². The Labute approximate surface area is 153 Å². The SMILES string of the molecule is CC(=O)NCCCN(C)[C@@H](C(=O)Nc1ccc(F)cc1)c1ccccc1. The van der Waals surface area contributed by atoms with E-state index in [1.165, 1.54) is 31.2 Å². The van der Waals surface area contributed by atoms with Gasteiger partial charge >= 0.3 is 0 Å². The van der Waals surface area contributed by atoms with Gasteiger partial charge in [0.1, 0.15) is 11.9 Å². The van der Waals surface area contributed by atoms with E-state index in [0.29, 0.717) is 18.8 Å². The first kappa shape index (κ1) is 19.6. The molecule has 2 aromatic carbocycles. The van der Waals surface area contributed by atoms with Crippen LogP contribution in [0, 0.1) is 5.82 Å². The number of nitrogens with zero attached hydrogens (tertiary/aromatic N) is 1. The van der Waals surface area contributed by atoms with E-state index in [1.54, 1.807) is 0 Å². The number of benzene rings is 2. The Balaban J connectivity index is 2.08. The summed E-state index contributed by atoms with van der Waals surface area (Å²) in [5, 5.41) is 5.59. The van der Waals surface area contributed by atoms with Crippen molar-refractivity contribution in [3.63, 3.8) is 0 Å². The van der Waals surface area contributed by atoms with Gasteiger partial charge in [0.15, 0.2) is 0 Å². The lowest BCUT2D eigenvalue weighted by Gasteiger charge is -2.27. The third-order valence-corrected chi connectivity index (χ3v) is 3.98. The van der Waals surface area contributed by atoms with Gasteiger partial charge in [0.2, 0.25) is 11.8 Å². The standard InChI is InChI=1S/C20H24FN3O2/c1-15(25)22-13-6-14-24(2)19(16-7-4-3-5-8-16)20(26)23-18-11-9-17(21)10-12-18/h3-5,7-12,19H,6,13-14H2,1-2H3,(H,22,25)(H,23,26)/t19-/m1/s1. The Hall–Kier alpha value is -2.73. The van der Waals surface area contributed by atoms with Gasteiger partial charge in [-0.15, -0.1) is 0 Å². The summed E-state index contributed by atoms with van der Waals surface area (Å²) in [6, 6.07) is 14.7. The van der Waals surface area contributed by atoms with E-state index in [0.717, 1.165) is 12.0 Å². The van der Waals surface area contributed by atoms with Crippen LogP contribution < -0.4 is 10.6 Å². The average Bonchev–Trinajstić information content (AvgIpc) is 2.62. The maximum Gasteiger partial charge on any atom is 0.246 e. The molecule has 2 amide bonds. The molecule has 0 spiro atoms. The van der Waals surface area contributed by atoms with Crippen molar-refractivity contribution in [2.75, 3.05) is 25.5 Å². The molecule has 6 heteroatoms. The lowest BCUT2D eigenvalue weighted by Crippen LogP contribution is -2.36. The topological polar surface area (TPSA) is 61.4 Å². The van der Waals surface area contributed by atoms with Crippen LogP contribution in [0.3, 0.4) is 0 Å². The first-order valence-corrected chi connectivity index (χ1v) is 8.53. The van der Waals surface area contributed by atoms with Crippen LogP contribution in [0.15, 0.2) is 54.6 Å². The van der Waals surface area contributed by atoms with Crippen molar-refractivity contribution in [1.29, 1.82) is 0 Å². The molecule has 5 nitrogen and oxygen atoms in total. The molecule has 0 heterocycles. The molecule has 1 atom stereocenters. The molecular weight excluding hydrogens is 333 g/mol. The minimum Gasteiger partial charge on any atom is -0.356 e. The number of hydrogen-bond acceptors (Lipinski definition) is 3. The Kier molecular flexibility index (Phi) is 7.29. The van der Waals surface area contributed by atoms with Crippen LogP contribution in [-0.4, -0.2) is 36.9 Å². The lowest BCUT2D eigenvalue weighted by atomic mass is 10.0. The maximum absolute atomic E-state index is 13.1. The van der Waals surface area contributed by atoms with Gasteiger partial charge in [-0.2, -0.15) is 0 Å². The van der Waals surface area contributed by atoms with Crippen molar-refractivity contribution in [2.45, 2.75) is 19.4 Å².